The second-order valence-electron chi connectivity index (χ2n) is 9.63. The fourth-order valence-corrected chi connectivity index (χ4v) is 3.71. The quantitative estimate of drug-likeness (QED) is 0.442. The standard InChI is InChI=1S/C27H36N2O6S/c1-19-6-8-21(9-7-19)17-28-24(30)16-20-10-12-22(13-11-20)18-34-25(31)23(14-15-36(5)33)29-26(32)35-27(2,3)4/h6-13,23H,14-18H2,1-5H3,(H,28,30)(H,29,32)/t23-,36?/m0/s1. The van der Waals surface area contributed by atoms with Crippen LogP contribution in [0, 0.1) is 6.92 Å². The Morgan fingerprint density at radius 1 is 0.944 bits per heavy atom. The number of esters is 1. The van der Waals surface area contributed by atoms with Crippen molar-refractivity contribution in [3.63, 3.8) is 0 Å². The van der Waals surface area contributed by atoms with Gasteiger partial charge in [0.2, 0.25) is 5.91 Å². The lowest BCUT2D eigenvalue weighted by molar-refractivity contribution is -0.147. The van der Waals surface area contributed by atoms with Gasteiger partial charge in [0, 0.05) is 29.4 Å². The molecule has 0 radical (unpaired) electrons. The van der Waals surface area contributed by atoms with Crippen LogP contribution in [0.2, 0.25) is 0 Å². The van der Waals surface area contributed by atoms with Gasteiger partial charge in [-0.05, 0) is 50.8 Å². The Bertz CT molecular complexity index is 1050. The van der Waals surface area contributed by atoms with Gasteiger partial charge >= 0.3 is 12.1 Å². The van der Waals surface area contributed by atoms with E-state index in [1.807, 2.05) is 43.3 Å². The first kappa shape index (κ1) is 29.0. The lowest BCUT2D eigenvalue weighted by atomic mass is 10.1. The van der Waals surface area contributed by atoms with Crippen molar-refractivity contribution in [1.29, 1.82) is 0 Å². The molecule has 2 atom stereocenters. The molecule has 0 saturated carbocycles. The molecule has 2 aromatic carbocycles. The van der Waals surface area contributed by atoms with E-state index in [4.69, 9.17) is 9.47 Å². The molecule has 196 valence electrons. The highest BCUT2D eigenvalue weighted by Gasteiger charge is 2.25. The van der Waals surface area contributed by atoms with Gasteiger partial charge in [-0.15, -0.1) is 0 Å². The number of alkyl carbamates (subject to hydrolysis) is 1. The lowest BCUT2D eigenvalue weighted by Gasteiger charge is -2.22. The maximum Gasteiger partial charge on any atom is 0.408 e. The van der Waals surface area contributed by atoms with Crippen LogP contribution in [0.4, 0.5) is 4.79 Å². The van der Waals surface area contributed by atoms with E-state index in [2.05, 4.69) is 10.6 Å². The minimum atomic E-state index is -1.13. The summed E-state index contributed by atoms with van der Waals surface area (Å²) in [5.74, 6) is -0.485. The van der Waals surface area contributed by atoms with Gasteiger partial charge in [-0.2, -0.15) is 0 Å². The van der Waals surface area contributed by atoms with Crippen molar-refractivity contribution in [3.05, 3.63) is 70.8 Å². The average Bonchev–Trinajstić information content (AvgIpc) is 2.79. The Morgan fingerprint density at radius 3 is 2.11 bits per heavy atom. The van der Waals surface area contributed by atoms with Crippen molar-refractivity contribution in [3.8, 4) is 0 Å². The third kappa shape index (κ3) is 11.5. The summed E-state index contributed by atoms with van der Waals surface area (Å²) < 4.78 is 22.1. The number of rotatable bonds is 11. The highest BCUT2D eigenvalue weighted by atomic mass is 32.2. The van der Waals surface area contributed by atoms with Crippen molar-refractivity contribution in [2.45, 2.75) is 65.3 Å². The molecule has 0 heterocycles. The summed E-state index contributed by atoms with van der Waals surface area (Å²) in [5, 5.41) is 5.42. The molecular formula is C27H36N2O6S. The summed E-state index contributed by atoms with van der Waals surface area (Å²) in [6.45, 7) is 7.65. The number of nitrogens with one attached hydrogen (secondary N) is 2. The summed E-state index contributed by atoms with van der Waals surface area (Å²) in [7, 11) is -1.13. The molecule has 36 heavy (non-hydrogen) atoms. The van der Waals surface area contributed by atoms with E-state index >= 15 is 0 Å². The van der Waals surface area contributed by atoms with Gasteiger partial charge in [0.25, 0.3) is 0 Å². The molecule has 0 aliphatic rings. The first-order valence-corrected chi connectivity index (χ1v) is 13.5. The van der Waals surface area contributed by atoms with Crippen LogP contribution in [0.5, 0.6) is 0 Å². The number of ether oxygens (including phenoxy) is 2. The molecule has 0 saturated heterocycles. The van der Waals surface area contributed by atoms with Crippen LogP contribution in [-0.2, 0) is 49.4 Å². The number of amides is 2. The van der Waals surface area contributed by atoms with Crippen LogP contribution in [0.1, 0.15) is 49.4 Å². The van der Waals surface area contributed by atoms with Crippen molar-refractivity contribution in [2.75, 3.05) is 12.0 Å². The van der Waals surface area contributed by atoms with E-state index in [9.17, 15) is 18.6 Å². The van der Waals surface area contributed by atoms with Crippen LogP contribution in [0.3, 0.4) is 0 Å². The number of hydrogen-bond donors (Lipinski definition) is 2. The summed E-state index contributed by atoms with van der Waals surface area (Å²) in [4.78, 5) is 37.0. The molecule has 0 aromatic heterocycles. The van der Waals surface area contributed by atoms with E-state index in [1.165, 1.54) is 11.8 Å². The van der Waals surface area contributed by atoms with E-state index in [1.54, 1.807) is 32.9 Å². The summed E-state index contributed by atoms with van der Waals surface area (Å²) in [6, 6.07) is 14.2. The highest BCUT2D eigenvalue weighted by molar-refractivity contribution is 7.84. The Balaban J connectivity index is 1.85. The molecule has 0 fully saturated rings. The Labute approximate surface area is 215 Å². The van der Waals surface area contributed by atoms with Gasteiger partial charge in [-0.25, -0.2) is 9.59 Å². The zero-order valence-electron chi connectivity index (χ0n) is 21.6. The minimum Gasteiger partial charge on any atom is -0.459 e. The van der Waals surface area contributed by atoms with E-state index < -0.39 is 34.5 Å². The van der Waals surface area contributed by atoms with Gasteiger partial charge in [0.15, 0.2) is 0 Å². The fourth-order valence-electron chi connectivity index (χ4n) is 3.15. The van der Waals surface area contributed by atoms with Crippen LogP contribution >= 0.6 is 0 Å². The number of carbonyl (C=O) groups is 3. The largest absolute Gasteiger partial charge is 0.459 e. The molecular weight excluding hydrogens is 480 g/mol. The molecule has 0 spiro atoms. The van der Waals surface area contributed by atoms with Crippen LogP contribution < -0.4 is 10.6 Å². The smallest absolute Gasteiger partial charge is 0.408 e. The van der Waals surface area contributed by atoms with Crippen LogP contribution in [0.15, 0.2) is 48.5 Å². The summed E-state index contributed by atoms with van der Waals surface area (Å²) in [5.41, 5.74) is 3.06. The monoisotopic (exact) mass is 516 g/mol. The van der Waals surface area contributed by atoms with Gasteiger partial charge in [0.05, 0.1) is 6.42 Å². The molecule has 0 aliphatic heterocycles. The molecule has 9 heteroatoms. The van der Waals surface area contributed by atoms with Crippen molar-refractivity contribution in [1.82, 2.24) is 10.6 Å². The summed E-state index contributed by atoms with van der Waals surface area (Å²) in [6.07, 6.45) is 1.19. The van der Waals surface area contributed by atoms with Gasteiger partial charge < -0.3 is 20.1 Å². The third-order valence-corrected chi connectivity index (χ3v) is 5.86. The Kier molecular flexibility index (Phi) is 11.1. The Morgan fingerprint density at radius 2 is 1.53 bits per heavy atom. The maximum atomic E-state index is 12.6. The fraction of sp³-hybridized carbons (Fsp3) is 0.444. The first-order valence-electron chi connectivity index (χ1n) is 11.8. The predicted octanol–water partition coefficient (Wildman–Crippen LogP) is 3.56. The zero-order chi connectivity index (χ0) is 26.7. The van der Waals surface area contributed by atoms with E-state index in [-0.39, 0.29) is 31.1 Å². The number of carbonyl (C=O) groups excluding carboxylic acids is 3. The zero-order valence-corrected chi connectivity index (χ0v) is 22.4. The van der Waals surface area contributed by atoms with Crippen molar-refractivity contribution < 1.29 is 28.1 Å². The molecule has 1 unspecified atom stereocenters. The second kappa shape index (κ2) is 13.8. The molecule has 0 aliphatic carbocycles. The normalized spacial score (nSPS) is 12.8. The van der Waals surface area contributed by atoms with Gasteiger partial charge in [0.1, 0.15) is 18.2 Å². The number of benzene rings is 2. The van der Waals surface area contributed by atoms with Gasteiger partial charge in [-0.1, -0.05) is 54.1 Å². The molecule has 2 rings (SSSR count). The SMILES string of the molecule is Cc1ccc(CNC(=O)Cc2ccc(COC(=O)[C@H](CCS(C)=O)NC(=O)OC(C)(C)C)cc2)cc1. The topological polar surface area (TPSA) is 111 Å². The average molecular weight is 517 g/mol. The Hall–Kier alpha value is -3.20. The second-order valence-corrected chi connectivity index (χ2v) is 11.2. The maximum absolute atomic E-state index is 12.6. The third-order valence-electron chi connectivity index (χ3n) is 5.05. The molecule has 8 nitrogen and oxygen atoms in total. The van der Waals surface area contributed by atoms with E-state index in [0.717, 1.165) is 16.7 Å². The molecule has 2 aromatic rings. The number of hydrogen-bond acceptors (Lipinski definition) is 6. The molecule has 2 N–H and O–H groups in total. The van der Waals surface area contributed by atoms with E-state index in [0.29, 0.717) is 6.54 Å². The molecule has 2 amide bonds. The lowest BCUT2D eigenvalue weighted by Crippen LogP contribution is -2.44. The van der Waals surface area contributed by atoms with Gasteiger partial charge in [-0.3, -0.25) is 9.00 Å². The van der Waals surface area contributed by atoms with Crippen LogP contribution in [0.25, 0.3) is 0 Å². The predicted molar refractivity (Wildman–Crippen MR) is 140 cm³/mol. The minimum absolute atomic E-state index is 0.000443. The highest BCUT2D eigenvalue weighted by Crippen LogP contribution is 2.11. The number of aryl methyl sites for hydroxylation is 1. The van der Waals surface area contributed by atoms with Crippen molar-refractivity contribution >= 4 is 28.8 Å². The van der Waals surface area contributed by atoms with Crippen molar-refractivity contribution in [2.24, 2.45) is 0 Å². The summed E-state index contributed by atoms with van der Waals surface area (Å²) >= 11 is 0. The van der Waals surface area contributed by atoms with Crippen LogP contribution in [-0.4, -0.2) is 45.8 Å². The molecule has 0 bridgehead atoms. The first-order chi connectivity index (χ1) is 16.9.